The van der Waals surface area contributed by atoms with Crippen molar-refractivity contribution in [2.24, 2.45) is 0 Å². The summed E-state index contributed by atoms with van der Waals surface area (Å²) in [7, 11) is 0. The van der Waals surface area contributed by atoms with Gasteiger partial charge in [0.25, 0.3) is 5.56 Å². The van der Waals surface area contributed by atoms with E-state index >= 15 is 0 Å². The highest BCUT2D eigenvalue weighted by Gasteiger charge is 2.14. The largest absolute Gasteiger partial charge is 0.337 e. The molecule has 0 aliphatic heterocycles. The van der Waals surface area contributed by atoms with Crippen LogP contribution in [0.2, 0.25) is 0 Å². The van der Waals surface area contributed by atoms with Gasteiger partial charge in [-0.15, -0.1) is 0 Å². The second kappa shape index (κ2) is 5.02. The molecular weight excluding hydrogens is 246 g/mol. The summed E-state index contributed by atoms with van der Waals surface area (Å²) in [5.74, 6) is 0.881. The van der Waals surface area contributed by atoms with Crippen LogP contribution in [0.3, 0.4) is 0 Å². The van der Waals surface area contributed by atoms with Crippen LogP contribution in [0.25, 0.3) is 0 Å². The number of aromatic nitrogens is 4. The average Bonchev–Trinajstić information content (AvgIpc) is 2.84. The molecule has 2 aromatic heterocycles. The summed E-state index contributed by atoms with van der Waals surface area (Å²) in [6, 6.07) is 1.91. The number of aryl methyl sites for hydroxylation is 2. The van der Waals surface area contributed by atoms with E-state index in [0.29, 0.717) is 29.4 Å². The minimum atomic E-state index is -0.443. The maximum absolute atomic E-state index is 12.0. The normalized spacial score (nSPS) is 10.4. The van der Waals surface area contributed by atoms with Crippen molar-refractivity contribution in [3.8, 4) is 6.07 Å². The van der Waals surface area contributed by atoms with Gasteiger partial charge in [-0.3, -0.25) is 4.79 Å². The Morgan fingerprint density at radius 3 is 2.74 bits per heavy atom. The van der Waals surface area contributed by atoms with E-state index in [1.54, 1.807) is 13.8 Å². The Morgan fingerprint density at radius 2 is 2.16 bits per heavy atom. The molecule has 0 unspecified atom stereocenters. The van der Waals surface area contributed by atoms with Crippen LogP contribution >= 0.6 is 0 Å². The van der Waals surface area contributed by atoms with Crippen LogP contribution in [0.5, 0.6) is 0 Å². The van der Waals surface area contributed by atoms with Crippen LogP contribution in [-0.4, -0.2) is 19.9 Å². The van der Waals surface area contributed by atoms with E-state index < -0.39 is 5.56 Å². The number of nitrogens with zero attached hydrogens (tertiary/aromatic N) is 5. The minimum absolute atomic E-state index is 0.0711. The summed E-state index contributed by atoms with van der Waals surface area (Å²) >= 11 is 0. The smallest absolute Gasteiger partial charge is 0.285 e. The predicted octanol–water partition coefficient (Wildman–Crippen LogP) is 0.726. The van der Waals surface area contributed by atoms with E-state index in [-0.39, 0.29) is 12.1 Å². The Labute approximate surface area is 109 Å². The Kier molecular flexibility index (Phi) is 3.42. The van der Waals surface area contributed by atoms with Gasteiger partial charge in [0.1, 0.15) is 18.2 Å². The van der Waals surface area contributed by atoms with Gasteiger partial charge in [-0.25, -0.2) is 4.68 Å². The molecule has 0 fully saturated rings. The molecule has 0 saturated heterocycles. The molecule has 0 aromatic carbocycles. The summed E-state index contributed by atoms with van der Waals surface area (Å²) in [6.45, 7) is 5.43. The van der Waals surface area contributed by atoms with Crippen molar-refractivity contribution in [3.63, 3.8) is 0 Å². The first-order valence-electron chi connectivity index (χ1n) is 5.86. The van der Waals surface area contributed by atoms with Gasteiger partial charge in [0, 0.05) is 6.42 Å². The lowest BCUT2D eigenvalue weighted by atomic mass is 10.1. The summed E-state index contributed by atoms with van der Waals surface area (Å²) in [5.41, 5.74) is 0.888. The van der Waals surface area contributed by atoms with Crippen LogP contribution in [0.1, 0.15) is 35.5 Å². The lowest BCUT2D eigenvalue weighted by molar-refractivity contribution is 0.358. The monoisotopic (exact) mass is 259 g/mol. The first-order chi connectivity index (χ1) is 9.06. The van der Waals surface area contributed by atoms with Crippen molar-refractivity contribution in [3.05, 3.63) is 38.9 Å². The molecule has 7 nitrogen and oxygen atoms in total. The number of nitriles is 1. The highest BCUT2D eigenvalue weighted by Crippen LogP contribution is 2.06. The van der Waals surface area contributed by atoms with E-state index in [4.69, 9.17) is 9.78 Å². The fraction of sp³-hybridized carbons (Fsp3) is 0.417. The summed E-state index contributed by atoms with van der Waals surface area (Å²) in [5, 5.41) is 16.9. The zero-order valence-corrected chi connectivity index (χ0v) is 11.0. The van der Waals surface area contributed by atoms with Gasteiger partial charge in [-0.1, -0.05) is 12.1 Å². The Balaban J connectivity index is 2.44. The van der Waals surface area contributed by atoms with E-state index in [9.17, 15) is 4.79 Å². The molecule has 0 radical (unpaired) electrons. The number of hydrogen-bond acceptors (Lipinski definition) is 6. The van der Waals surface area contributed by atoms with Gasteiger partial charge in [-0.2, -0.15) is 15.3 Å². The van der Waals surface area contributed by atoms with Gasteiger partial charge in [0.15, 0.2) is 5.82 Å². The molecule has 0 bridgehead atoms. The topological polar surface area (TPSA) is 97.6 Å². The summed E-state index contributed by atoms with van der Waals surface area (Å²) < 4.78 is 6.19. The highest BCUT2D eigenvalue weighted by molar-refractivity contribution is 5.36. The molecule has 0 saturated carbocycles. The van der Waals surface area contributed by atoms with Crippen molar-refractivity contribution in [2.75, 3.05) is 0 Å². The average molecular weight is 259 g/mol. The zero-order valence-electron chi connectivity index (χ0n) is 11.0. The zero-order chi connectivity index (χ0) is 14.0. The molecular formula is C12H13N5O2. The third-order valence-electron chi connectivity index (χ3n) is 2.86. The Bertz CT molecular complexity index is 708. The molecule has 2 rings (SSSR count). The first kappa shape index (κ1) is 13.0. The predicted molar refractivity (Wildman–Crippen MR) is 65.5 cm³/mol. The lowest BCUT2D eigenvalue weighted by Gasteiger charge is -2.06. The van der Waals surface area contributed by atoms with Crippen molar-refractivity contribution in [1.29, 1.82) is 5.26 Å². The van der Waals surface area contributed by atoms with E-state index in [0.717, 1.165) is 0 Å². The van der Waals surface area contributed by atoms with E-state index in [1.165, 1.54) is 4.68 Å². The second-order valence-electron chi connectivity index (χ2n) is 4.12. The van der Waals surface area contributed by atoms with Gasteiger partial charge >= 0.3 is 0 Å². The van der Waals surface area contributed by atoms with Crippen LogP contribution in [-0.2, 0) is 13.0 Å². The van der Waals surface area contributed by atoms with Crippen molar-refractivity contribution >= 4 is 0 Å². The van der Waals surface area contributed by atoms with Gasteiger partial charge < -0.3 is 4.52 Å². The van der Waals surface area contributed by atoms with Crippen LogP contribution in [0, 0.1) is 25.2 Å². The van der Waals surface area contributed by atoms with Crippen LogP contribution in [0.15, 0.2) is 9.32 Å². The molecule has 19 heavy (non-hydrogen) atoms. The molecule has 2 heterocycles. The third-order valence-corrected chi connectivity index (χ3v) is 2.86. The standard InChI is InChI=1S/C12H13N5O2/c1-4-10-14-11(19-16-10)6-17-12(18)9(5-13)7(2)8(3)15-17/h4,6H2,1-3H3. The van der Waals surface area contributed by atoms with E-state index in [1.807, 2.05) is 13.0 Å². The fourth-order valence-electron chi connectivity index (χ4n) is 1.64. The fourth-order valence-corrected chi connectivity index (χ4v) is 1.64. The second-order valence-corrected chi connectivity index (χ2v) is 4.12. The van der Waals surface area contributed by atoms with Crippen molar-refractivity contribution < 1.29 is 4.52 Å². The molecule has 0 N–H and O–H groups in total. The maximum atomic E-state index is 12.0. The molecule has 7 heteroatoms. The summed E-state index contributed by atoms with van der Waals surface area (Å²) in [6.07, 6.45) is 0.655. The minimum Gasteiger partial charge on any atom is -0.337 e. The van der Waals surface area contributed by atoms with Crippen molar-refractivity contribution in [1.82, 2.24) is 19.9 Å². The quantitative estimate of drug-likeness (QED) is 0.805. The number of hydrogen-bond donors (Lipinski definition) is 0. The Hall–Kier alpha value is -2.49. The Morgan fingerprint density at radius 1 is 1.42 bits per heavy atom. The maximum Gasteiger partial charge on any atom is 0.285 e. The molecule has 0 aliphatic carbocycles. The SMILES string of the molecule is CCc1noc(Cn2nc(C)c(C)c(C#N)c2=O)n1. The van der Waals surface area contributed by atoms with Crippen LogP contribution in [0.4, 0.5) is 0 Å². The van der Waals surface area contributed by atoms with E-state index in [2.05, 4.69) is 15.2 Å². The van der Waals surface area contributed by atoms with Gasteiger partial charge in [-0.05, 0) is 19.4 Å². The van der Waals surface area contributed by atoms with Crippen LogP contribution < -0.4 is 5.56 Å². The molecule has 0 amide bonds. The molecule has 2 aromatic rings. The molecule has 0 aliphatic rings. The number of rotatable bonds is 3. The van der Waals surface area contributed by atoms with Gasteiger partial charge in [0.05, 0.1) is 5.69 Å². The summed E-state index contributed by atoms with van der Waals surface area (Å²) in [4.78, 5) is 16.2. The molecule has 0 spiro atoms. The lowest BCUT2D eigenvalue weighted by Crippen LogP contribution is -2.28. The first-order valence-corrected chi connectivity index (χ1v) is 5.86. The van der Waals surface area contributed by atoms with Crippen molar-refractivity contribution in [2.45, 2.75) is 33.7 Å². The molecule has 0 atom stereocenters. The van der Waals surface area contributed by atoms with Gasteiger partial charge in [0.2, 0.25) is 5.89 Å². The third kappa shape index (κ3) is 2.38. The molecule has 98 valence electrons. The highest BCUT2D eigenvalue weighted by atomic mass is 16.5.